The molecule has 65 heavy (non-hydrogen) atoms. The van der Waals surface area contributed by atoms with Crippen molar-refractivity contribution >= 4 is 23.5 Å². The second kappa shape index (κ2) is 18.1. The lowest BCUT2D eigenvalue weighted by molar-refractivity contribution is -0.397. The molecule has 2 amide bonds. The molecule has 6 aliphatic rings. The number of carboxylic acids is 1. The lowest BCUT2D eigenvalue weighted by atomic mass is 9.72. The predicted molar refractivity (Wildman–Crippen MR) is 237 cm³/mol. The number of carboxylic acid groups (broad SMARTS) is 1. The van der Waals surface area contributed by atoms with Crippen LogP contribution in [0, 0.1) is 52.6 Å². The highest BCUT2D eigenvalue weighted by atomic mass is 19.1. The summed E-state index contributed by atoms with van der Waals surface area (Å²) >= 11 is 0. The molecule has 5 fully saturated rings. The van der Waals surface area contributed by atoms with E-state index in [1.165, 1.54) is 0 Å². The van der Waals surface area contributed by atoms with Gasteiger partial charge in [-0.1, -0.05) is 61.5 Å². The fraction of sp³-hybridized carbons (Fsp3) is 0.780. The number of hydrogen-bond donors (Lipinski definition) is 5. The van der Waals surface area contributed by atoms with Gasteiger partial charge in [0.05, 0.1) is 58.9 Å². The molecule has 15 heteroatoms. The molecule has 18 atom stereocenters. The van der Waals surface area contributed by atoms with Crippen LogP contribution in [0.3, 0.4) is 0 Å². The zero-order chi connectivity index (χ0) is 47.7. The standard InChI is InChI=1S/C50H74F2N2O11/c1-11-33(43(57)58)37-17-14-28(5)48(62-37)26-45(48,9)42(56)30(7)40(55)34(12-2)41-27(4)24-29(6)49(63-41)21-18-38(54-44(59)53-36-16-15-32(51)25-35(36)52)50(65-49)23-22-46(10,64-50)39-19-20-47(60,13-3)31(8)61-39/h15-16,18,21,25,27-31,33-34,37-39,41-42,56,60H,11-14,17,19-20,22-24,26H2,1-10H3,(H,57,58)(H2,53,54,59)/t27-,28-,29+,30+,31-,33+,34?,37+,38?,39+,41-,42+,45?,46-,47+,48+,49-,50-/m0/s1. The number of aliphatic hydroxyl groups is 2. The molecule has 3 unspecified atom stereocenters. The molecular formula is C50H74F2N2O11. The normalized spacial score (nSPS) is 43.2. The molecule has 3 spiro atoms. The zero-order valence-corrected chi connectivity index (χ0v) is 40.0. The number of urea groups is 1. The topological polar surface area (TPSA) is 182 Å². The highest BCUT2D eigenvalue weighted by molar-refractivity contribution is 5.89. The van der Waals surface area contributed by atoms with Crippen molar-refractivity contribution in [1.82, 2.24) is 5.32 Å². The van der Waals surface area contributed by atoms with E-state index in [9.17, 15) is 38.5 Å². The van der Waals surface area contributed by atoms with Crippen molar-refractivity contribution in [3.8, 4) is 0 Å². The van der Waals surface area contributed by atoms with E-state index in [2.05, 4.69) is 24.5 Å². The van der Waals surface area contributed by atoms with Crippen molar-refractivity contribution < 1.29 is 62.2 Å². The zero-order valence-electron chi connectivity index (χ0n) is 40.0. The number of ketones is 1. The van der Waals surface area contributed by atoms with Crippen molar-refractivity contribution in [2.45, 2.75) is 205 Å². The largest absolute Gasteiger partial charge is 0.481 e. The minimum absolute atomic E-state index is 0.0698. The molecule has 0 aromatic heterocycles. The fourth-order valence-electron chi connectivity index (χ4n) is 12.7. The summed E-state index contributed by atoms with van der Waals surface area (Å²) < 4.78 is 63.0. The van der Waals surface area contributed by atoms with Gasteiger partial charge in [-0.2, -0.15) is 0 Å². The number of Topliss-reactive ketones (excluding diaryl/α,β-unsaturated/α-hetero) is 1. The molecular weight excluding hydrogens is 843 g/mol. The lowest BCUT2D eigenvalue weighted by Crippen LogP contribution is -2.66. The Morgan fingerprint density at radius 1 is 0.923 bits per heavy atom. The summed E-state index contributed by atoms with van der Waals surface area (Å²) in [5.41, 5.74) is -3.61. The van der Waals surface area contributed by atoms with Crippen LogP contribution in [0.4, 0.5) is 19.3 Å². The van der Waals surface area contributed by atoms with Crippen molar-refractivity contribution in [3.05, 3.63) is 42.0 Å². The summed E-state index contributed by atoms with van der Waals surface area (Å²) in [7, 11) is 0. The first-order valence-electron chi connectivity index (χ1n) is 24.3. The Bertz CT molecular complexity index is 1990. The summed E-state index contributed by atoms with van der Waals surface area (Å²) in [4.78, 5) is 40.6. The number of amides is 2. The van der Waals surface area contributed by atoms with Crippen LogP contribution in [-0.2, 0) is 33.3 Å². The molecule has 7 rings (SSSR count). The van der Waals surface area contributed by atoms with Crippen molar-refractivity contribution in [2.24, 2.45) is 40.9 Å². The van der Waals surface area contributed by atoms with E-state index < -0.39 is 112 Å². The Labute approximate surface area is 383 Å². The number of aliphatic hydroxyl groups excluding tert-OH is 1. The molecule has 5 aliphatic heterocycles. The summed E-state index contributed by atoms with van der Waals surface area (Å²) in [6.07, 6.45) is 6.22. The average molecular weight is 917 g/mol. The van der Waals surface area contributed by atoms with Gasteiger partial charge in [0.2, 0.25) is 0 Å². The van der Waals surface area contributed by atoms with Gasteiger partial charge in [-0.15, -0.1) is 0 Å². The SMILES string of the molecule is CCC(C(=O)[C@@H](C)[C@@H](O)C1(C)C[C@]12O[C@@H]([C@@H](CC)C(=O)O)CC[C@@H]2C)[C@H]1O[C@]2(C=CC(NC(=O)Nc3ccc(F)cc3F)[C@]3(CC[C@@](C)([C@H]4CC[C@](O)(CC)[C@H](C)O4)O3)O2)[C@H](C)C[C@@H]1C. The van der Waals surface area contributed by atoms with E-state index in [1.54, 1.807) is 19.1 Å². The Hall–Kier alpha value is -3.05. The number of benzene rings is 1. The van der Waals surface area contributed by atoms with Gasteiger partial charge in [0.1, 0.15) is 23.5 Å². The molecule has 1 saturated carbocycles. The number of nitrogens with one attached hydrogen (secondary N) is 2. The molecule has 5 N–H and O–H groups in total. The van der Waals surface area contributed by atoms with E-state index in [0.29, 0.717) is 70.3 Å². The molecule has 5 heterocycles. The second-order valence-electron chi connectivity index (χ2n) is 21.2. The van der Waals surface area contributed by atoms with E-state index in [-0.39, 0.29) is 29.2 Å². The maximum Gasteiger partial charge on any atom is 0.319 e. The van der Waals surface area contributed by atoms with Crippen molar-refractivity contribution in [3.63, 3.8) is 0 Å². The Kier molecular flexibility index (Phi) is 13.9. The maximum atomic E-state index is 14.8. The van der Waals surface area contributed by atoms with Gasteiger partial charge in [-0.05, 0) is 108 Å². The summed E-state index contributed by atoms with van der Waals surface area (Å²) in [6, 6.07) is 1.18. The summed E-state index contributed by atoms with van der Waals surface area (Å²) in [5.74, 6) is -8.02. The van der Waals surface area contributed by atoms with Gasteiger partial charge in [0.25, 0.3) is 0 Å². The number of anilines is 1. The van der Waals surface area contributed by atoms with E-state index in [4.69, 9.17) is 23.7 Å². The smallest absolute Gasteiger partial charge is 0.319 e. The number of halogens is 2. The van der Waals surface area contributed by atoms with Gasteiger partial charge in [0.15, 0.2) is 11.6 Å². The predicted octanol–water partition coefficient (Wildman–Crippen LogP) is 8.44. The van der Waals surface area contributed by atoms with Gasteiger partial charge >= 0.3 is 12.0 Å². The van der Waals surface area contributed by atoms with Crippen LogP contribution < -0.4 is 10.6 Å². The molecule has 0 radical (unpaired) electrons. The number of carbonyl (C=O) groups is 3. The Morgan fingerprint density at radius 2 is 1.63 bits per heavy atom. The molecule has 13 nitrogen and oxygen atoms in total. The first kappa shape index (κ1) is 49.8. The van der Waals surface area contributed by atoms with Crippen molar-refractivity contribution in [2.75, 3.05) is 5.32 Å². The minimum Gasteiger partial charge on any atom is -0.481 e. The molecule has 364 valence electrons. The third kappa shape index (κ3) is 8.71. The molecule has 4 saturated heterocycles. The number of rotatable bonds is 13. The number of ether oxygens (including phenoxy) is 5. The van der Waals surface area contributed by atoms with Gasteiger partial charge in [-0.3, -0.25) is 9.59 Å². The highest BCUT2D eigenvalue weighted by Crippen LogP contribution is 2.68. The molecule has 0 bridgehead atoms. The third-order valence-electron chi connectivity index (χ3n) is 17.2. The van der Waals surface area contributed by atoms with Gasteiger partial charge < -0.3 is 49.6 Å². The second-order valence-corrected chi connectivity index (χ2v) is 21.2. The van der Waals surface area contributed by atoms with Crippen LogP contribution >= 0.6 is 0 Å². The average Bonchev–Trinajstić information content (AvgIpc) is 3.71. The summed E-state index contributed by atoms with van der Waals surface area (Å²) in [6.45, 7) is 19.4. The Morgan fingerprint density at radius 3 is 2.26 bits per heavy atom. The van der Waals surface area contributed by atoms with Crippen LogP contribution in [0.1, 0.15) is 140 Å². The fourth-order valence-corrected chi connectivity index (χ4v) is 12.7. The molecule has 1 aromatic rings. The number of carbonyl (C=O) groups excluding carboxylic acids is 2. The quantitative estimate of drug-likeness (QED) is 0.120. The van der Waals surface area contributed by atoms with Crippen LogP contribution in [-0.4, -0.2) is 98.0 Å². The Balaban J connectivity index is 1.14. The monoisotopic (exact) mass is 917 g/mol. The maximum absolute atomic E-state index is 14.8. The van der Waals surface area contributed by atoms with Gasteiger partial charge in [-0.25, -0.2) is 13.6 Å². The van der Waals surface area contributed by atoms with Gasteiger partial charge in [0, 0.05) is 35.7 Å². The van der Waals surface area contributed by atoms with Crippen LogP contribution in [0.25, 0.3) is 0 Å². The number of aliphatic carboxylic acids is 1. The first-order chi connectivity index (χ1) is 30.5. The number of hydrogen-bond acceptors (Lipinski definition) is 10. The van der Waals surface area contributed by atoms with Crippen LogP contribution in [0.2, 0.25) is 0 Å². The highest BCUT2D eigenvalue weighted by Gasteiger charge is 2.74. The third-order valence-corrected chi connectivity index (χ3v) is 17.2. The van der Waals surface area contributed by atoms with Crippen LogP contribution in [0.5, 0.6) is 0 Å². The van der Waals surface area contributed by atoms with E-state index in [1.807, 2.05) is 48.5 Å². The van der Waals surface area contributed by atoms with Crippen LogP contribution in [0.15, 0.2) is 30.4 Å². The summed E-state index contributed by atoms with van der Waals surface area (Å²) in [5, 5.41) is 38.7. The first-order valence-corrected chi connectivity index (χ1v) is 24.3. The van der Waals surface area contributed by atoms with E-state index in [0.717, 1.165) is 18.6 Å². The molecule has 1 aromatic carbocycles. The minimum atomic E-state index is -1.53. The molecule has 1 aliphatic carbocycles. The van der Waals surface area contributed by atoms with Crippen molar-refractivity contribution in [1.29, 1.82) is 0 Å². The van der Waals surface area contributed by atoms with E-state index >= 15 is 0 Å². The lowest BCUT2D eigenvalue weighted by Gasteiger charge is -2.55.